The Labute approximate surface area is 83.4 Å². The number of methoxy groups -OCH3 is 1. The van der Waals surface area contributed by atoms with E-state index in [2.05, 4.69) is 9.73 Å². The van der Waals surface area contributed by atoms with Crippen LogP contribution in [0.25, 0.3) is 0 Å². The van der Waals surface area contributed by atoms with E-state index in [9.17, 15) is 4.79 Å². The summed E-state index contributed by atoms with van der Waals surface area (Å²) in [5.74, 6) is -0.319. The van der Waals surface area contributed by atoms with Crippen molar-refractivity contribution in [1.29, 1.82) is 0 Å². The van der Waals surface area contributed by atoms with Crippen molar-refractivity contribution in [3.8, 4) is 0 Å². The number of esters is 1. The molecule has 0 heterocycles. The van der Waals surface area contributed by atoms with Gasteiger partial charge in [-0.05, 0) is 12.5 Å². The van der Waals surface area contributed by atoms with Gasteiger partial charge in [-0.1, -0.05) is 30.3 Å². The number of ether oxygens (including phenoxy) is 1. The molecule has 0 aliphatic carbocycles. The summed E-state index contributed by atoms with van der Waals surface area (Å²) in [5.41, 5.74) is 1.87. The van der Waals surface area contributed by atoms with Crippen molar-refractivity contribution in [3.63, 3.8) is 0 Å². The summed E-state index contributed by atoms with van der Waals surface area (Å²) in [6.45, 7) is 1.95. The lowest BCUT2D eigenvalue weighted by atomic mass is 10.1. The Morgan fingerprint density at radius 2 is 2.00 bits per heavy atom. The molecule has 1 aromatic rings. The molecule has 0 radical (unpaired) electrons. The fourth-order valence-corrected chi connectivity index (χ4v) is 1.02. The van der Waals surface area contributed by atoms with Crippen LogP contribution in [0.5, 0.6) is 0 Å². The highest BCUT2D eigenvalue weighted by Crippen LogP contribution is 2.00. The zero-order valence-electron chi connectivity index (χ0n) is 8.36. The van der Waals surface area contributed by atoms with Gasteiger partial charge in [-0.15, -0.1) is 0 Å². The fourth-order valence-electron chi connectivity index (χ4n) is 1.02. The van der Waals surface area contributed by atoms with Gasteiger partial charge in [0.25, 0.3) is 0 Å². The van der Waals surface area contributed by atoms with Crippen molar-refractivity contribution in [2.24, 2.45) is 4.99 Å². The molecule has 74 valence electrons. The lowest BCUT2D eigenvalue weighted by molar-refractivity contribution is -0.138. The fraction of sp³-hybridized carbons (Fsp3) is 0.273. The summed E-state index contributed by atoms with van der Waals surface area (Å²) in [4.78, 5) is 14.9. The largest absolute Gasteiger partial charge is 0.468 e. The zero-order valence-corrected chi connectivity index (χ0v) is 8.36. The van der Waals surface area contributed by atoms with E-state index >= 15 is 0 Å². The maximum absolute atomic E-state index is 10.8. The first-order chi connectivity index (χ1) is 6.74. The van der Waals surface area contributed by atoms with E-state index < -0.39 is 0 Å². The molecular formula is C11H13NO2. The van der Waals surface area contributed by atoms with Gasteiger partial charge in [0, 0.05) is 5.71 Å². The molecule has 0 aliphatic rings. The van der Waals surface area contributed by atoms with E-state index in [1.165, 1.54) is 7.11 Å². The minimum absolute atomic E-state index is 0.0806. The second-order valence-corrected chi connectivity index (χ2v) is 2.84. The molecule has 0 aliphatic heterocycles. The summed E-state index contributed by atoms with van der Waals surface area (Å²) in [6.07, 6.45) is 0. The van der Waals surface area contributed by atoms with Gasteiger partial charge in [0.1, 0.15) is 6.54 Å². The highest BCUT2D eigenvalue weighted by molar-refractivity contribution is 5.99. The van der Waals surface area contributed by atoms with Crippen LogP contribution in [0.2, 0.25) is 0 Å². The van der Waals surface area contributed by atoms with Gasteiger partial charge < -0.3 is 4.74 Å². The van der Waals surface area contributed by atoms with Gasteiger partial charge in [-0.3, -0.25) is 9.79 Å². The summed E-state index contributed by atoms with van der Waals surface area (Å²) < 4.78 is 4.49. The SMILES string of the molecule is COC(=O)C/N=C(\C)c1ccccc1. The van der Waals surface area contributed by atoms with Crippen LogP contribution in [-0.4, -0.2) is 25.3 Å². The van der Waals surface area contributed by atoms with Crippen molar-refractivity contribution in [2.45, 2.75) is 6.92 Å². The van der Waals surface area contributed by atoms with E-state index in [0.29, 0.717) is 0 Å². The third-order valence-electron chi connectivity index (χ3n) is 1.86. The number of carbonyl (C=O) groups is 1. The Hall–Kier alpha value is -1.64. The molecule has 0 atom stereocenters. The Morgan fingerprint density at radius 3 is 2.57 bits per heavy atom. The first-order valence-corrected chi connectivity index (χ1v) is 4.37. The Bertz CT molecular complexity index is 330. The van der Waals surface area contributed by atoms with Gasteiger partial charge >= 0.3 is 5.97 Å². The maximum Gasteiger partial charge on any atom is 0.327 e. The number of rotatable bonds is 3. The number of aliphatic imine (C=N–C) groups is 1. The molecule has 14 heavy (non-hydrogen) atoms. The van der Waals surface area contributed by atoms with Crippen LogP contribution >= 0.6 is 0 Å². The topological polar surface area (TPSA) is 38.7 Å². The molecule has 0 spiro atoms. The molecule has 0 fully saturated rings. The molecule has 0 N–H and O–H groups in total. The second kappa shape index (κ2) is 5.17. The Balaban J connectivity index is 2.66. The van der Waals surface area contributed by atoms with Crippen LogP contribution in [0.1, 0.15) is 12.5 Å². The smallest absolute Gasteiger partial charge is 0.327 e. The summed E-state index contributed by atoms with van der Waals surface area (Å²) in [7, 11) is 1.36. The van der Waals surface area contributed by atoms with Gasteiger partial charge in [0.15, 0.2) is 0 Å². The molecular weight excluding hydrogens is 178 g/mol. The lowest BCUT2D eigenvalue weighted by Gasteiger charge is -1.99. The molecule has 1 rings (SSSR count). The number of nitrogens with zero attached hydrogens (tertiary/aromatic N) is 1. The summed E-state index contributed by atoms with van der Waals surface area (Å²) in [5, 5.41) is 0. The van der Waals surface area contributed by atoms with E-state index in [0.717, 1.165) is 11.3 Å². The van der Waals surface area contributed by atoms with Crippen molar-refractivity contribution in [1.82, 2.24) is 0 Å². The molecule has 0 amide bonds. The predicted molar refractivity (Wildman–Crippen MR) is 55.5 cm³/mol. The minimum Gasteiger partial charge on any atom is -0.468 e. The van der Waals surface area contributed by atoms with Crippen molar-refractivity contribution >= 4 is 11.7 Å². The normalized spacial score (nSPS) is 11.1. The third-order valence-corrected chi connectivity index (χ3v) is 1.86. The number of benzene rings is 1. The number of carbonyl (C=O) groups excluding carboxylic acids is 1. The average molecular weight is 191 g/mol. The van der Waals surface area contributed by atoms with E-state index in [1.54, 1.807) is 0 Å². The summed E-state index contributed by atoms with van der Waals surface area (Å²) >= 11 is 0. The predicted octanol–water partition coefficient (Wildman–Crippen LogP) is 1.67. The summed E-state index contributed by atoms with van der Waals surface area (Å²) in [6, 6.07) is 9.72. The van der Waals surface area contributed by atoms with E-state index in [4.69, 9.17) is 0 Å². The first-order valence-electron chi connectivity index (χ1n) is 4.37. The van der Waals surface area contributed by atoms with Crippen LogP contribution in [-0.2, 0) is 9.53 Å². The minimum atomic E-state index is -0.319. The van der Waals surface area contributed by atoms with Gasteiger partial charge in [-0.2, -0.15) is 0 Å². The molecule has 3 nitrogen and oxygen atoms in total. The maximum atomic E-state index is 10.8. The van der Waals surface area contributed by atoms with Crippen LogP contribution in [0.15, 0.2) is 35.3 Å². The first kappa shape index (κ1) is 10.4. The third kappa shape index (κ3) is 3.01. The Kier molecular flexibility index (Phi) is 3.85. The van der Waals surface area contributed by atoms with Gasteiger partial charge in [0.05, 0.1) is 7.11 Å². The zero-order chi connectivity index (χ0) is 10.4. The average Bonchev–Trinajstić information content (AvgIpc) is 2.26. The monoisotopic (exact) mass is 191 g/mol. The Morgan fingerprint density at radius 1 is 1.36 bits per heavy atom. The molecule has 3 heteroatoms. The van der Waals surface area contributed by atoms with E-state index in [-0.39, 0.29) is 12.5 Å². The molecule has 0 saturated heterocycles. The quantitative estimate of drug-likeness (QED) is 0.538. The molecule has 0 unspecified atom stereocenters. The lowest BCUT2D eigenvalue weighted by Crippen LogP contribution is -2.06. The highest BCUT2D eigenvalue weighted by atomic mass is 16.5. The van der Waals surface area contributed by atoms with Crippen LogP contribution < -0.4 is 0 Å². The molecule has 0 aromatic heterocycles. The standard InChI is InChI=1S/C11H13NO2/c1-9(12-8-11(13)14-2)10-6-4-3-5-7-10/h3-7H,8H2,1-2H3/b12-9+. The van der Waals surface area contributed by atoms with Gasteiger partial charge in [-0.25, -0.2) is 0 Å². The van der Waals surface area contributed by atoms with Crippen molar-refractivity contribution in [2.75, 3.05) is 13.7 Å². The van der Waals surface area contributed by atoms with E-state index in [1.807, 2.05) is 37.3 Å². The number of hydrogen-bond donors (Lipinski definition) is 0. The highest BCUT2D eigenvalue weighted by Gasteiger charge is 1.99. The van der Waals surface area contributed by atoms with Crippen molar-refractivity contribution < 1.29 is 9.53 Å². The van der Waals surface area contributed by atoms with Crippen molar-refractivity contribution in [3.05, 3.63) is 35.9 Å². The van der Waals surface area contributed by atoms with Crippen LogP contribution in [0, 0.1) is 0 Å². The van der Waals surface area contributed by atoms with Crippen LogP contribution in [0.4, 0.5) is 0 Å². The van der Waals surface area contributed by atoms with Gasteiger partial charge in [0.2, 0.25) is 0 Å². The molecule has 1 aromatic carbocycles. The second-order valence-electron chi connectivity index (χ2n) is 2.84. The molecule has 0 bridgehead atoms. The van der Waals surface area contributed by atoms with Crippen LogP contribution in [0.3, 0.4) is 0 Å². The molecule has 0 saturated carbocycles. The number of hydrogen-bond acceptors (Lipinski definition) is 3.